The fraction of sp³-hybridized carbons (Fsp3) is 0.615. The standard InChI is InChI=1S/C13H19FN2/c1-2-4-12(10-6-7-10)16-9-13-11(14)5-3-8-15-13/h3,5,8,10,12,16H,2,4,6-7,9H2,1H3. The molecule has 16 heavy (non-hydrogen) atoms. The largest absolute Gasteiger partial charge is 0.308 e. The zero-order chi connectivity index (χ0) is 11.4. The maximum Gasteiger partial charge on any atom is 0.146 e. The lowest BCUT2D eigenvalue weighted by Gasteiger charge is -2.17. The highest BCUT2D eigenvalue weighted by Crippen LogP contribution is 2.34. The highest BCUT2D eigenvalue weighted by atomic mass is 19.1. The minimum Gasteiger partial charge on any atom is -0.308 e. The van der Waals surface area contributed by atoms with Crippen molar-refractivity contribution in [3.05, 3.63) is 29.8 Å². The lowest BCUT2D eigenvalue weighted by Crippen LogP contribution is -2.31. The number of nitrogens with zero attached hydrogens (tertiary/aromatic N) is 1. The fourth-order valence-electron chi connectivity index (χ4n) is 2.09. The number of pyridine rings is 1. The normalized spacial score (nSPS) is 17.4. The van der Waals surface area contributed by atoms with Crippen molar-refractivity contribution >= 4 is 0 Å². The summed E-state index contributed by atoms with van der Waals surface area (Å²) in [6, 6.07) is 3.64. The fourth-order valence-corrected chi connectivity index (χ4v) is 2.09. The Morgan fingerprint density at radius 3 is 3.00 bits per heavy atom. The summed E-state index contributed by atoms with van der Waals surface area (Å²) in [5.41, 5.74) is 0.532. The summed E-state index contributed by atoms with van der Waals surface area (Å²) in [6.45, 7) is 2.74. The minimum absolute atomic E-state index is 0.207. The quantitative estimate of drug-likeness (QED) is 0.800. The molecule has 0 amide bonds. The van der Waals surface area contributed by atoms with Crippen LogP contribution in [0.3, 0.4) is 0 Å². The molecule has 1 aliphatic rings. The zero-order valence-corrected chi connectivity index (χ0v) is 9.75. The van der Waals surface area contributed by atoms with Crippen LogP contribution < -0.4 is 5.32 Å². The minimum atomic E-state index is -0.207. The van der Waals surface area contributed by atoms with E-state index in [1.165, 1.54) is 31.7 Å². The Labute approximate surface area is 96.3 Å². The molecule has 1 fully saturated rings. The number of halogens is 1. The zero-order valence-electron chi connectivity index (χ0n) is 9.75. The molecule has 1 N–H and O–H groups in total. The average Bonchev–Trinajstić information content (AvgIpc) is 3.10. The van der Waals surface area contributed by atoms with Gasteiger partial charge in [0.2, 0.25) is 0 Å². The Hall–Kier alpha value is -0.960. The molecule has 1 aliphatic carbocycles. The monoisotopic (exact) mass is 222 g/mol. The molecule has 88 valence electrons. The molecule has 0 aromatic carbocycles. The predicted molar refractivity (Wildman–Crippen MR) is 62.5 cm³/mol. The first kappa shape index (κ1) is 11.5. The molecule has 0 spiro atoms. The van der Waals surface area contributed by atoms with Gasteiger partial charge in [-0.2, -0.15) is 0 Å². The molecule has 0 saturated heterocycles. The molecule has 0 aliphatic heterocycles. The van der Waals surface area contributed by atoms with E-state index in [1.54, 1.807) is 12.3 Å². The van der Waals surface area contributed by atoms with Crippen LogP contribution in [0.1, 0.15) is 38.3 Å². The molecule has 1 unspecified atom stereocenters. The van der Waals surface area contributed by atoms with Crippen molar-refractivity contribution in [2.24, 2.45) is 5.92 Å². The topological polar surface area (TPSA) is 24.9 Å². The van der Waals surface area contributed by atoms with E-state index >= 15 is 0 Å². The lowest BCUT2D eigenvalue weighted by molar-refractivity contribution is 0.421. The van der Waals surface area contributed by atoms with Crippen molar-refractivity contribution < 1.29 is 4.39 Å². The van der Waals surface area contributed by atoms with E-state index in [9.17, 15) is 4.39 Å². The van der Waals surface area contributed by atoms with Crippen molar-refractivity contribution in [3.8, 4) is 0 Å². The molecule has 0 radical (unpaired) electrons. The van der Waals surface area contributed by atoms with E-state index in [0.29, 0.717) is 18.3 Å². The third kappa shape index (κ3) is 3.01. The van der Waals surface area contributed by atoms with Crippen molar-refractivity contribution in [1.29, 1.82) is 0 Å². The summed E-state index contributed by atoms with van der Waals surface area (Å²) in [4.78, 5) is 4.05. The van der Waals surface area contributed by atoms with Gasteiger partial charge in [-0.05, 0) is 37.3 Å². The Bertz CT molecular complexity index is 336. The van der Waals surface area contributed by atoms with Gasteiger partial charge < -0.3 is 5.32 Å². The summed E-state index contributed by atoms with van der Waals surface area (Å²) in [6.07, 6.45) is 6.65. The Kier molecular flexibility index (Phi) is 3.88. The second kappa shape index (κ2) is 5.39. The number of nitrogens with one attached hydrogen (secondary N) is 1. The molecule has 1 atom stereocenters. The molecule has 2 nitrogen and oxygen atoms in total. The molecular formula is C13H19FN2. The molecule has 1 saturated carbocycles. The summed E-state index contributed by atoms with van der Waals surface area (Å²) < 4.78 is 13.3. The van der Waals surface area contributed by atoms with Crippen LogP contribution in [0.25, 0.3) is 0 Å². The number of hydrogen-bond acceptors (Lipinski definition) is 2. The second-order valence-electron chi connectivity index (χ2n) is 4.55. The van der Waals surface area contributed by atoms with Gasteiger partial charge in [0.05, 0.1) is 5.69 Å². The van der Waals surface area contributed by atoms with E-state index in [1.807, 2.05) is 0 Å². The Morgan fingerprint density at radius 1 is 1.56 bits per heavy atom. The summed E-state index contributed by atoms with van der Waals surface area (Å²) in [7, 11) is 0. The first-order chi connectivity index (χ1) is 7.81. The van der Waals surface area contributed by atoms with Crippen LogP contribution in [-0.2, 0) is 6.54 Å². The second-order valence-corrected chi connectivity index (χ2v) is 4.55. The van der Waals surface area contributed by atoms with E-state index < -0.39 is 0 Å². The third-order valence-corrected chi connectivity index (χ3v) is 3.16. The van der Waals surface area contributed by atoms with Crippen molar-refractivity contribution in [1.82, 2.24) is 10.3 Å². The van der Waals surface area contributed by atoms with E-state index in [2.05, 4.69) is 17.2 Å². The highest BCUT2D eigenvalue weighted by Gasteiger charge is 2.30. The number of rotatable bonds is 6. The van der Waals surface area contributed by atoms with Crippen LogP contribution in [0.15, 0.2) is 18.3 Å². The van der Waals surface area contributed by atoms with Gasteiger partial charge in [0.1, 0.15) is 5.82 Å². The van der Waals surface area contributed by atoms with Crippen molar-refractivity contribution in [2.45, 2.75) is 45.2 Å². The molecule has 1 aromatic rings. The summed E-state index contributed by atoms with van der Waals surface area (Å²) >= 11 is 0. The summed E-state index contributed by atoms with van der Waals surface area (Å²) in [5, 5.41) is 3.44. The summed E-state index contributed by atoms with van der Waals surface area (Å²) in [5.74, 6) is 0.604. The maximum absolute atomic E-state index is 13.3. The van der Waals surface area contributed by atoms with Gasteiger partial charge >= 0.3 is 0 Å². The average molecular weight is 222 g/mol. The van der Waals surface area contributed by atoms with Gasteiger partial charge in [-0.15, -0.1) is 0 Å². The van der Waals surface area contributed by atoms with Gasteiger partial charge in [-0.1, -0.05) is 13.3 Å². The SMILES string of the molecule is CCCC(NCc1ncccc1F)C1CC1. The van der Waals surface area contributed by atoms with Crippen molar-refractivity contribution in [3.63, 3.8) is 0 Å². The first-order valence-electron chi connectivity index (χ1n) is 6.14. The van der Waals surface area contributed by atoms with E-state index in [0.717, 1.165) is 5.92 Å². The molecule has 2 rings (SSSR count). The van der Waals surface area contributed by atoms with E-state index in [4.69, 9.17) is 0 Å². The first-order valence-corrected chi connectivity index (χ1v) is 6.14. The molecular weight excluding hydrogens is 203 g/mol. The molecule has 3 heteroatoms. The van der Waals surface area contributed by atoms with Crippen LogP contribution in [0.5, 0.6) is 0 Å². The van der Waals surface area contributed by atoms with Gasteiger partial charge in [0, 0.05) is 18.8 Å². The Morgan fingerprint density at radius 2 is 2.38 bits per heavy atom. The van der Waals surface area contributed by atoms with Gasteiger partial charge in [0.25, 0.3) is 0 Å². The van der Waals surface area contributed by atoms with Crippen LogP contribution >= 0.6 is 0 Å². The lowest BCUT2D eigenvalue weighted by atomic mass is 10.1. The predicted octanol–water partition coefficient (Wildman–Crippen LogP) is 2.89. The van der Waals surface area contributed by atoms with Crippen molar-refractivity contribution in [2.75, 3.05) is 0 Å². The third-order valence-electron chi connectivity index (χ3n) is 3.16. The molecule has 1 aromatic heterocycles. The van der Waals surface area contributed by atoms with Gasteiger partial charge in [0.15, 0.2) is 0 Å². The van der Waals surface area contributed by atoms with Crippen LogP contribution in [-0.4, -0.2) is 11.0 Å². The van der Waals surface area contributed by atoms with E-state index in [-0.39, 0.29) is 5.82 Å². The molecule has 1 heterocycles. The van der Waals surface area contributed by atoms with Crippen LogP contribution in [0.4, 0.5) is 4.39 Å². The number of hydrogen-bond donors (Lipinski definition) is 1. The molecule has 0 bridgehead atoms. The Balaban J connectivity index is 1.87. The van der Waals surface area contributed by atoms with Gasteiger partial charge in [-0.3, -0.25) is 4.98 Å². The van der Waals surface area contributed by atoms with Crippen LogP contribution in [0, 0.1) is 11.7 Å². The highest BCUT2D eigenvalue weighted by molar-refractivity contribution is 5.07. The van der Waals surface area contributed by atoms with Crippen LogP contribution in [0.2, 0.25) is 0 Å². The smallest absolute Gasteiger partial charge is 0.146 e. The number of aromatic nitrogens is 1. The maximum atomic E-state index is 13.3. The van der Waals surface area contributed by atoms with Gasteiger partial charge in [-0.25, -0.2) is 4.39 Å².